The number of allylic oxidation sites excluding steroid dienone is 1. The standard InChI is InChI=1S/C20H22ClN7O/c1-4-22-19(29)12-5-6-15(16(21)9-12)18-25-20(28(3)27-18)24-14-7-11(2)17-13(8-14)10-23-26-17/h5-6,8-11H,4,7H2,1-3H3,(H,22,29)(H,23,26)(H,24,25,27). The minimum Gasteiger partial charge on any atom is -0.352 e. The van der Waals surface area contributed by atoms with Crippen LogP contribution in [0.2, 0.25) is 5.02 Å². The summed E-state index contributed by atoms with van der Waals surface area (Å²) in [5.41, 5.74) is 4.45. The molecule has 9 heteroatoms. The van der Waals surface area contributed by atoms with Gasteiger partial charge in [-0.05, 0) is 37.6 Å². The molecule has 1 unspecified atom stereocenters. The summed E-state index contributed by atoms with van der Waals surface area (Å²) in [6.45, 7) is 4.59. The van der Waals surface area contributed by atoms with Crippen LogP contribution in [0.5, 0.6) is 0 Å². The number of amides is 1. The molecule has 3 aromatic rings. The lowest BCUT2D eigenvalue weighted by Crippen LogP contribution is -2.22. The third-order valence-electron chi connectivity index (χ3n) is 4.89. The molecule has 8 nitrogen and oxygen atoms in total. The third kappa shape index (κ3) is 3.75. The van der Waals surface area contributed by atoms with E-state index >= 15 is 0 Å². The van der Waals surface area contributed by atoms with Gasteiger partial charge in [-0.1, -0.05) is 18.5 Å². The van der Waals surface area contributed by atoms with Gasteiger partial charge < -0.3 is 10.6 Å². The van der Waals surface area contributed by atoms with Gasteiger partial charge in [-0.25, -0.2) is 4.68 Å². The van der Waals surface area contributed by atoms with Gasteiger partial charge in [0.05, 0.1) is 11.2 Å². The van der Waals surface area contributed by atoms with Gasteiger partial charge in [0.25, 0.3) is 5.91 Å². The van der Waals surface area contributed by atoms with Crippen LogP contribution in [0.15, 0.2) is 30.1 Å². The zero-order valence-electron chi connectivity index (χ0n) is 16.5. The Hall–Kier alpha value is -3.13. The van der Waals surface area contributed by atoms with Crippen molar-refractivity contribution in [3.63, 3.8) is 0 Å². The lowest BCUT2D eigenvalue weighted by atomic mass is 9.93. The van der Waals surface area contributed by atoms with Crippen LogP contribution >= 0.6 is 11.6 Å². The highest BCUT2D eigenvalue weighted by Gasteiger charge is 2.21. The summed E-state index contributed by atoms with van der Waals surface area (Å²) in [5, 5.41) is 18.2. The smallest absolute Gasteiger partial charge is 0.251 e. The molecular formula is C20H22ClN7O. The number of aromatic nitrogens is 5. The first-order chi connectivity index (χ1) is 14.0. The van der Waals surface area contributed by atoms with Crippen LogP contribution in [0, 0.1) is 0 Å². The number of halogens is 1. The molecule has 0 aliphatic heterocycles. The van der Waals surface area contributed by atoms with E-state index < -0.39 is 0 Å². The van der Waals surface area contributed by atoms with Crippen molar-refractivity contribution < 1.29 is 4.79 Å². The number of nitrogens with zero attached hydrogens (tertiary/aromatic N) is 4. The maximum atomic E-state index is 12.0. The van der Waals surface area contributed by atoms with Crippen LogP contribution in [-0.2, 0) is 7.05 Å². The van der Waals surface area contributed by atoms with Crippen molar-refractivity contribution in [3.05, 3.63) is 51.9 Å². The Bertz CT molecular complexity index is 1100. The molecule has 2 heterocycles. The van der Waals surface area contributed by atoms with Crippen LogP contribution < -0.4 is 10.6 Å². The van der Waals surface area contributed by atoms with Crippen molar-refractivity contribution in [2.24, 2.45) is 7.05 Å². The van der Waals surface area contributed by atoms with Crippen molar-refractivity contribution in [3.8, 4) is 11.4 Å². The Kier molecular flexibility index (Phi) is 5.10. The van der Waals surface area contributed by atoms with Crippen molar-refractivity contribution in [2.75, 3.05) is 11.9 Å². The number of hydrogen-bond donors (Lipinski definition) is 3. The Labute approximate surface area is 173 Å². The van der Waals surface area contributed by atoms with Gasteiger partial charge in [0, 0.05) is 47.6 Å². The Morgan fingerprint density at radius 3 is 3.00 bits per heavy atom. The predicted molar refractivity (Wildman–Crippen MR) is 113 cm³/mol. The molecule has 1 aliphatic rings. The number of fused-ring (bicyclic) bond motifs is 1. The largest absolute Gasteiger partial charge is 0.352 e. The first-order valence-electron chi connectivity index (χ1n) is 9.46. The number of rotatable bonds is 5. The fraction of sp³-hybridized carbons (Fsp3) is 0.300. The highest BCUT2D eigenvalue weighted by molar-refractivity contribution is 6.33. The zero-order chi connectivity index (χ0) is 20.5. The lowest BCUT2D eigenvalue weighted by molar-refractivity contribution is 0.0956. The third-order valence-corrected chi connectivity index (χ3v) is 5.21. The van der Waals surface area contributed by atoms with Gasteiger partial charge in [-0.3, -0.25) is 9.89 Å². The van der Waals surface area contributed by atoms with Crippen LogP contribution in [0.1, 0.15) is 47.8 Å². The number of carbonyl (C=O) groups excluding carboxylic acids is 1. The summed E-state index contributed by atoms with van der Waals surface area (Å²) in [7, 11) is 1.83. The average Bonchev–Trinajstić information content (AvgIpc) is 3.29. The zero-order valence-corrected chi connectivity index (χ0v) is 17.2. The molecule has 150 valence electrons. The van der Waals surface area contributed by atoms with Crippen molar-refractivity contribution >= 4 is 29.5 Å². The number of carbonyl (C=O) groups is 1. The second kappa shape index (κ2) is 7.71. The fourth-order valence-corrected chi connectivity index (χ4v) is 3.70. The van der Waals surface area contributed by atoms with E-state index in [1.54, 1.807) is 22.9 Å². The maximum Gasteiger partial charge on any atom is 0.251 e. The molecule has 29 heavy (non-hydrogen) atoms. The van der Waals surface area contributed by atoms with Crippen LogP contribution in [0.3, 0.4) is 0 Å². The molecule has 1 amide bonds. The van der Waals surface area contributed by atoms with E-state index in [0.29, 0.717) is 40.4 Å². The van der Waals surface area contributed by atoms with E-state index in [0.717, 1.165) is 23.4 Å². The second-order valence-corrected chi connectivity index (χ2v) is 7.48. The van der Waals surface area contributed by atoms with Crippen molar-refractivity contribution in [2.45, 2.75) is 26.2 Å². The summed E-state index contributed by atoms with van der Waals surface area (Å²) in [6.07, 6.45) is 4.74. The molecule has 3 N–H and O–H groups in total. The van der Waals surface area contributed by atoms with Crippen LogP contribution in [0.25, 0.3) is 17.5 Å². The topological polar surface area (TPSA) is 101 Å². The van der Waals surface area contributed by atoms with E-state index in [2.05, 4.69) is 43.9 Å². The molecule has 0 saturated heterocycles. The summed E-state index contributed by atoms with van der Waals surface area (Å²) in [4.78, 5) is 16.6. The molecule has 0 spiro atoms. The Morgan fingerprint density at radius 1 is 1.41 bits per heavy atom. The summed E-state index contributed by atoms with van der Waals surface area (Å²) in [6, 6.07) is 5.13. The lowest BCUT2D eigenvalue weighted by Gasteiger charge is -2.19. The van der Waals surface area contributed by atoms with Crippen LogP contribution in [-0.4, -0.2) is 37.4 Å². The van der Waals surface area contributed by atoms with E-state index in [-0.39, 0.29) is 5.91 Å². The van der Waals surface area contributed by atoms with Gasteiger partial charge in [0.1, 0.15) is 0 Å². The highest BCUT2D eigenvalue weighted by Crippen LogP contribution is 2.32. The predicted octanol–water partition coefficient (Wildman–Crippen LogP) is 3.57. The molecule has 0 radical (unpaired) electrons. The number of aromatic amines is 1. The van der Waals surface area contributed by atoms with E-state index in [9.17, 15) is 4.79 Å². The van der Waals surface area contributed by atoms with Gasteiger partial charge in [-0.2, -0.15) is 10.1 Å². The van der Waals surface area contributed by atoms with E-state index in [1.165, 1.54) is 0 Å². The number of hydrogen-bond acceptors (Lipinski definition) is 5. The van der Waals surface area contributed by atoms with Gasteiger partial charge in [0.15, 0.2) is 5.82 Å². The first kappa shape index (κ1) is 19.2. The van der Waals surface area contributed by atoms with E-state index in [1.807, 2.05) is 20.2 Å². The number of H-pyrrole nitrogens is 1. The molecule has 1 aromatic carbocycles. The summed E-state index contributed by atoms with van der Waals surface area (Å²) in [5.74, 6) is 1.29. The van der Waals surface area contributed by atoms with E-state index in [4.69, 9.17) is 11.6 Å². The monoisotopic (exact) mass is 411 g/mol. The minimum absolute atomic E-state index is 0.158. The molecule has 0 saturated carbocycles. The molecule has 2 aromatic heterocycles. The number of aryl methyl sites for hydroxylation is 1. The normalized spacial score (nSPS) is 15.6. The number of anilines is 1. The SMILES string of the molecule is CCNC(=O)c1ccc(-c2nc(NC3=Cc4cn[nH]c4C(C)C3)n(C)n2)c(Cl)c1. The number of benzene rings is 1. The first-order valence-corrected chi connectivity index (χ1v) is 9.84. The summed E-state index contributed by atoms with van der Waals surface area (Å²) < 4.78 is 1.68. The van der Waals surface area contributed by atoms with Crippen molar-refractivity contribution in [1.82, 2.24) is 30.3 Å². The fourth-order valence-electron chi connectivity index (χ4n) is 3.43. The highest BCUT2D eigenvalue weighted by atomic mass is 35.5. The minimum atomic E-state index is -0.158. The Morgan fingerprint density at radius 2 is 2.24 bits per heavy atom. The van der Waals surface area contributed by atoms with Gasteiger partial charge in [0.2, 0.25) is 5.95 Å². The van der Waals surface area contributed by atoms with Gasteiger partial charge >= 0.3 is 0 Å². The molecular weight excluding hydrogens is 390 g/mol. The quantitative estimate of drug-likeness (QED) is 0.595. The molecule has 0 bridgehead atoms. The summed E-state index contributed by atoms with van der Waals surface area (Å²) >= 11 is 6.41. The second-order valence-electron chi connectivity index (χ2n) is 7.08. The molecule has 0 fully saturated rings. The Balaban J connectivity index is 1.58. The molecule has 1 atom stereocenters. The van der Waals surface area contributed by atoms with Crippen molar-refractivity contribution in [1.29, 1.82) is 0 Å². The molecule has 4 rings (SSSR count). The van der Waals surface area contributed by atoms with Crippen LogP contribution in [0.4, 0.5) is 5.95 Å². The average molecular weight is 412 g/mol. The number of nitrogens with one attached hydrogen (secondary N) is 3. The van der Waals surface area contributed by atoms with Gasteiger partial charge in [-0.15, -0.1) is 5.10 Å². The molecule has 1 aliphatic carbocycles. The maximum absolute atomic E-state index is 12.0.